The van der Waals surface area contributed by atoms with E-state index in [9.17, 15) is 4.79 Å². The number of methoxy groups -OCH3 is 1. The minimum atomic E-state index is -0.417. The molecule has 140 valence electrons. The molecule has 0 amide bonds. The average Bonchev–Trinajstić information content (AvgIpc) is 3.08. The lowest BCUT2D eigenvalue weighted by atomic mass is 10.2. The van der Waals surface area contributed by atoms with Gasteiger partial charge in [0.2, 0.25) is 0 Å². The highest BCUT2D eigenvalue weighted by atomic mass is 16.6. The molecule has 0 saturated carbocycles. The number of hydrogen-bond donors (Lipinski definition) is 1. The number of carbonyl (C=O) groups excluding carboxylic acids is 1. The van der Waals surface area contributed by atoms with E-state index >= 15 is 0 Å². The summed E-state index contributed by atoms with van der Waals surface area (Å²) in [5, 5.41) is 5.12. The Labute approximate surface area is 159 Å². The molecule has 0 saturated heterocycles. The van der Waals surface area contributed by atoms with Crippen molar-refractivity contribution in [2.24, 2.45) is 5.10 Å². The molecule has 0 aliphatic rings. The summed E-state index contributed by atoms with van der Waals surface area (Å²) in [6.07, 6.45) is 3.05. The highest BCUT2D eigenvalue weighted by Crippen LogP contribution is 2.30. The van der Waals surface area contributed by atoms with Crippen LogP contribution in [0.1, 0.15) is 12.5 Å². The molecule has 2 aromatic carbocycles. The maximum absolute atomic E-state index is 11.1. The Balaban J connectivity index is 1.59. The zero-order valence-electron chi connectivity index (χ0n) is 15.2. The van der Waals surface area contributed by atoms with Crippen LogP contribution in [0.5, 0.6) is 11.5 Å². The second-order valence-corrected chi connectivity index (χ2v) is 5.87. The minimum absolute atomic E-state index is 0.347. The molecule has 2 aromatic heterocycles. The Morgan fingerprint density at radius 2 is 2.04 bits per heavy atom. The predicted molar refractivity (Wildman–Crippen MR) is 105 cm³/mol. The van der Waals surface area contributed by atoms with E-state index in [1.165, 1.54) is 20.4 Å². The van der Waals surface area contributed by atoms with E-state index in [-0.39, 0.29) is 0 Å². The number of hydrogen-bond acceptors (Lipinski definition) is 8. The number of hydrazone groups is 1. The van der Waals surface area contributed by atoms with Crippen LogP contribution in [0.4, 0.5) is 5.82 Å². The summed E-state index contributed by atoms with van der Waals surface area (Å²) in [7, 11) is 1.50. The largest absolute Gasteiger partial charge is 0.493 e. The number of esters is 1. The molecular weight excluding hydrogens is 360 g/mol. The molecule has 0 radical (unpaired) electrons. The van der Waals surface area contributed by atoms with Crippen LogP contribution in [-0.4, -0.2) is 29.3 Å². The van der Waals surface area contributed by atoms with Crippen molar-refractivity contribution >= 4 is 40.1 Å². The van der Waals surface area contributed by atoms with Gasteiger partial charge in [-0.1, -0.05) is 12.1 Å². The lowest BCUT2D eigenvalue weighted by molar-refractivity contribution is -0.132. The van der Waals surface area contributed by atoms with Gasteiger partial charge in [0.1, 0.15) is 17.4 Å². The van der Waals surface area contributed by atoms with Gasteiger partial charge >= 0.3 is 5.97 Å². The number of benzene rings is 2. The SMILES string of the molecule is COc1cc(/C=N\Nc2ncnc3c2oc2ccccc23)ccc1OC(C)=O. The predicted octanol–water partition coefficient (Wildman–Crippen LogP) is 3.76. The summed E-state index contributed by atoms with van der Waals surface area (Å²) in [6.45, 7) is 1.33. The standard InChI is InChI=1S/C20H16N4O4/c1-12(25)27-16-8-7-13(9-17(16)26-2)10-23-24-20-19-18(21-11-22-20)14-5-3-4-6-15(14)28-19/h3-11H,1-2H3,(H,21,22,24)/b23-10-. The number of nitrogens with one attached hydrogen (secondary N) is 1. The van der Waals surface area contributed by atoms with Gasteiger partial charge in [-0.15, -0.1) is 0 Å². The van der Waals surface area contributed by atoms with E-state index in [0.717, 1.165) is 22.0 Å². The molecule has 0 spiro atoms. The van der Waals surface area contributed by atoms with Crippen molar-refractivity contribution < 1.29 is 18.7 Å². The summed E-state index contributed by atoms with van der Waals surface area (Å²) in [4.78, 5) is 19.6. The van der Waals surface area contributed by atoms with E-state index in [0.29, 0.717) is 22.9 Å². The number of aromatic nitrogens is 2. The number of rotatable bonds is 5. The normalized spacial score (nSPS) is 11.2. The number of carbonyl (C=O) groups is 1. The number of anilines is 1. The van der Waals surface area contributed by atoms with Crippen LogP contribution in [0.3, 0.4) is 0 Å². The fraction of sp³-hybridized carbons (Fsp3) is 0.100. The minimum Gasteiger partial charge on any atom is -0.493 e. The van der Waals surface area contributed by atoms with Crippen molar-refractivity contribution in [3.63, 3.8) is 0 Å². The molecule has 0 bridgehead atoms. The lowest BCUT2D eigenvalue weighted by Crippen LogP contribution is -2.03. The molecule has 28 heavy (non-hydrogen) atoms. The first-order valence-corrected chi connectivity index (χ1v) is 8.43. The second-order valence-electron chi connectivity index (χ2n) is 5.87. The number of furan rings is 1. The molecule has 0 atom stereocenters. The molecule has 2 heterocycles. The summed E-state index contributed by atoms with van der Waals surface area (Å²) in [5.74, 6) is 0.821. The molecule has 0 aliphatic carbocycles. The molecule has 4 rings (SSSR count). The quantitative estimate of drug-likeness (QED) is 0.245. The summed E-state index contributed by atoms with van der Waals surface area (Å²) >= 11 is 0. The molecule has 0 aliphatic heterocycles. The van der Waals surface area contributed by atoms with E-state index in [4.69, 9.17) is 13.9 Å². The van der Waals surface area contributed by atoms with Crippen molar-refractivity contribution in [2.45, 2.75) is 6.92 Å². The van der Waals surface area contributed by atoms with Gasteiger partial charge in [-0.3, -0.25) is 10.2 Å². The van der Waals surface area contributed by atoms with Crippen LogP contribution in [0, 0.1) is 0 Å². The molecule has 0 fully saturated rings. The van der Waals surface area contributed by atoms with Crippen LogP contribution in [-0.2, 0) is 4.79 Å². The topological polar surface area (TPSA) is 98.8 Å². The monoisotopic (exact) mass is 376 g/mol. The molecule has 1 N–H and O–H groups in total. The lowest BCUT2D eigenvalue weighted by Gasteiger charge is -2.08. The first-order valence-electron chi connectivity index (χ1n) is 8.43. The summed E-state index contributed by atoms with van der Waals surface area (Å²) < 4.78 is 16.2. The fourth-order valence-electron chi connectivity index (χ4n) is 2.77. The van der Waals surface area contributed by atoms with E-state index in [1.54, 1.807) is 24.4 Å². The maximum Gasteiger partial charge on any atom is 0.308 e. The van der Waals surface area contributed by atoms with Gasteiger partial charge in [-0.05, 0) is 35.9 Å². The highest BCUT2D eigenvalue weighted by Gasteiger charge is 2.12. The van der Waals surface area contributed by atoms with Gasteiger partial charge in [0.05, 0.1) is 13.3 Å². The third kappa shape index (κ3) is 3.35. The first kappa shape index (κ1) is 17.5. The summed E-state index contributed by atoms with van der Waals surface area (Å²) in [5.41, 5.74) is 5.61. The number of para-hydroxylation sites is 1. The third-order valence-corrected chi connectivity index (χ3v) is 3.98. The van der Waals surface area contributed by atoms with Crippen molar-refractivity contribution in [1.82, 2.24) is 9.97 Å². The molecular formula is C20H16N4O4. The van der Waals surface area contributed by atoms with Gasteiger partial charge < -0.3 is 13.9 Å². The number of nitrogens with zero attached hydrogens (tertiary/aromatic N) is 3. The van der Waals surface area contributed by atoms with Crippen LogP contribution < -0.4 is 14.9 Å². The number of ether oxygens (including phenoxy) is 2. The van der Waals surface area contributed by atoms with Gasteiger partial charge in [0, 0.05) is 12.3 Å². The van der Waals surface area contributed by atoms with Crippen molar-refractivity contribution in [3.05, 3.63) is 54.4 Å². The van der Waals surface area contributed by atoms with Crippen molar-refractivity contribution in [1.29, 1.82) is 0 Å². The van der Waals surface area contributed by atoms with Gasteiger partial charge in [0.25, 0.3) is 0 Å². The van der Waals surface area contributed by atoms with Crippen LogP contribution in [0.15, 0.2) is 58.3 Å². The zero-order valence-corrected chi connectivity index (χ0v) is 15.2. The fourth-order valence-corrected chi connectivity index (χ4v) is 2.77. The Morgan fingerprint density at radius 3 is 2.86 bits per heavy atom. The third-order valence-electron chi connectivity index (χ3n) is 3.98. The first-order chi connectivity index (χ1) is 13.7. The molecule has 4 aromatic rings. The number of fused-ring (bicyclic) bond motifs is 3. The van der Waals surface area contributed by atoms with E-state index in [2.05, 4.69) is 20.5 Å². The van der Waals surface area contributed by atoms with E-state index in [1.807, 2.05) is 24.3 Å². The van der Waals surface area contributed by atoms with Gasteiger partial charge in [0.15, 0.2) is 22.9 Å². The molecule has 0 unspecified atom stereocenters. The molecule has 8 heteroatoms. The smallest absolute Gasteiger partial charge is 0.308 e. The van der Waals surface area contributed by atoms with Crippen LogP contribution in [0.25, 0.3) is 22.1 Å². The maximum atomic E-state index is 11.1. The van der Waals surface area contributed by atoms with Crippen LogP contribution >= 0.6 is 0 Å². The second kappa shape index (κ2) is 7.36. The Morgan fingerprint density at radius 1 is 1.18 bits per heavy atom. The Kier molecular flexibility index (Phi) is 4.59. The van der Waals surface area contributed by atoms with Gasteiger partial charge in [-0.2, -0.15) is 5.10 Å². The van der Waals surface area contributed by atoms with Crippen molar-refractivity contribution in [3.8, 4) is 11.5 Å². The van der Waals surface area contributed by atoms with Crippen molar-refractivity contribution in [2.75, 3.05) is 12.5 Å². The Hall–Kier alpha value is -3.94. The average molecular weight is 376 g/mol. The van der Waals surface area contributed by atoms with E-state index < -0.39 is 5.97 Å². The Bertz CT molecular complexity index is 1200. The molecule has 8 nitrogen and oxygen atoms in total. The van der Waals surface area contributed by atoms with Gasteiger partial charge in [-0.25, -0.2) is 9.97 Å². The van der Waals surface area contributed by atoms with Crippen LogP contribution in [0.2, 0.25) is 0 Å². The highest BCUT2D eigenvalue weighted by molar-refractivity contribution is 6.05. The summed E-state index contributed by atoms with van der Waals surface area (Å²) in [6, 6.07) is 12.7. The zero-order chi connectivity index (χ0) is 19.5.